The first-order valence-electron chi connectivity index (χ1n) is 5.09. The second-order valence-corrected chi connectivity index (χ2v) is 3.35. The molecule has 0 bridgehead atoms. The Morgan fingerprint density at radius 3 is 2.78 bits per heavy atom. The van der Waals surface area contributed by atoms with Crippen LogP contribution in [0.1, 0.15) is 15.9 Å². The summed E-state index contributed by atoms with van der Waals surface area (Å²) in [5, 5.41) is 13.6. The van der Waals surface area contributed by atoms with Crippen LogP contribution in [0.4, 0.5) is 5.69 Å². The fraction of sp³-hybridized carbons (Fsp3) is 0.250. The van der Waals surface area contributed by atoms with Gasteiger partial charge in [-0.2, -0.15) is 0 Å². The molecule has 94 valence electrons. The van der Waals surface area contributed by atoms with Crippen molar-refractivity contribution >= 4 is 11.7 Å². The third-order valence-electron chi connectivity index (χ3n) is 2.05. The largest absolute Gasteiger partial charge is 0.465 e. The Kier molecular flexibility index (Phi) is 4.84. The van der Waals surface area contributed by atoms with E-state index in [2.05, 4.69) is 21.9 Å². The van der Waals surface area contributed by atoms with Crippen molar-refractivity contribution in [3.63, 3.8) is 0 Å². The highest BCUT2D eigenvalue weighted by molar-refractivity contribution is 5.90. The molecular formula is C12H12N2O4. The summed E-state index contributed by atoms with van der Waals surface area (Å²) in [5.74, 6) is 4.87. The molecule has 0 fully saturated rings. The van der Waals surface area contributed by atoms with Gasteiger partial charge in [-0.25, -0.2) is 4.79 Å². The van der Waals surface area contributed by atoms with Gasteiger partial charge in [-0.15, -0.1) is 0 Å². The van der Waals surface area contributed by atoms with Crippen LogP contribution in [0.5, 0.6) is 0 Å². The highest BCUT2D eigenvalue weighted by atomic mass is 16.6. The summed E-state index contributed by atoms with van der Waals surface area (Å²) in [6, 6.07) is 3.94. The van der Waals surface area contributed by atoms with Gasteiger partial charge in [-0.1, -0.05) is 11.8 Å². The highest BCUT2D eigenvalue weighted by Gasteiger charge is 2.13. The molecule has 0 aromatic heterocycles. The summed E-state index contributed by atoms with van der Waals surface area (Å²) in [6.07, 6.45) is 0. The van der Waals surface area contributed by atoms with Crippen LogP contribution in [0.15, 0.2) is 18.2 Å². The second kappa shape index (κ2) is 6.37. The fourth-order valence-corrected chi connectivity index (χ4v) is 1.26. The summed E-state index contributed by atoms with van der Waals surface area (Å²) < 4.78 is 4.53. The summed E-state index contributed by atoms with van der Waals surface area (Å²) >= 11 is 0. The van der Waals surface area contributed by atoms with Crippen LogP contribution in [0.3, 0.4) is 0 Å². The van der Waals surface area contributed by atoms with Gasteiger partial charge in [0.25, 0.3) is 5.69 Å². The zero-order valence-electron chi connectivity index (χ0n) is 10.0. The molecule has 0 aliphatic carbocycles. The number of nitrogens with one attached hydrogen (secondary N) is 1. The van der Waals surface area contributed by atoms with Crippen LogP contribution in [0, 0.1) is 22.0 Å². The number of hydrogen-bond acceptors (Lipinski definition) is 5. The van der Waals surface area contributed by atoms with Crippen molar-refractivity contribution in [1.29, 1.82) is 0 Å². The number of ether oxygens (including phenoxy) is 1. The summed E-state index contributed by atoms with van der Waals surface area (Å²) in [7, 11) is 2.95. The zero-order valence-corrected chi connectivity index (χ0v) is 10.0. The standard InChI is InChI=1S/C12H12N2O4/c1-13-5-3-4-9-6-10(12(15)18-2)8-11(7-9)14(16)17/h6-8,13H,5H2,1-2H3. The number of nitro benzene ring substituents is 1. The van der Waals surface area contributed by atoms with Crippen LogP contribution in [-0.2, 0) is 4.74 Å². The number of rotatable bonds is 3. The molecule has 1 N–H and O–H groups in total. The lowest BCUT2D eigenvalue weighted by Crippen LogP contribution is -2.05. The molecule has 0 unspecified atom stereocenters. The van der Waals surface area contributed by atoms with E-state index in [0.29, 0.717) is 12.1 Å². The topological polar surface area (TPSA) is 81.5 Å². The number of carbonyl (C=O) groups excluding carboxylic acids is 1. The van der Waals surface area contributed by atoms with Crippen molar-refractivity contribution in [3.8, 4) is 11.8 Å². The number of non-ortho nitro benzene ring substituents is 1. The maximum atomic E-state index is 11.4. The van der Waals surface area contributed by atoms with Crippen LogP contribution in [0.25, 0.3) is 0 Å². The normalized spacial score (nSPS) is 9.22. The molecule has 0 saturated heterocycles. The summed E-state index contributed by atoms with van der Waals surface area (Å²) in [6.45, 7) is 0.455. The molecule has 0 aliphatic heterocycles. The monoisotopic (exact) mass is 248 g/mol. The molecule has 0 saturated carbocycles. The zero-order chi connectivity index (χ0) is 13.5. The minimum Gasteiger partial charge on any atom is -0.465 e. The molecule has 0 spiro atoms. The van der Waals surface area contributed by atoms with Gasteiger partial charge in [0.15, 0.2) is 0 Å². The average molecular weight is 248 g/mol. The van der Waals surface area contributed by atoms with E-state index in [4.69, 9.17) is 0 Å². The Bertz CT molecular complexity index is 529. The Hall–Kier alpha value is -2.39. The molecule has 1 rings (SSSR count). The van der Waals surface area contributed by atoms with Gasteiger partial charge in [-0.05, 0) is 13.1 Å². The van der Waals surface area contributed by atoms with Gasteiger partial charge in [0.05, 0.1) is 24.1 Å². The van der Waals surface area contributed by atoms with Crippen molar-refractivity contribution in [3.05, 3.63) is 39.4 Å². The van der Waals surface area contributed by atoms with E-state index in [1.807, 2.05) is 0 Å². The Balaban J connectivity index is 3.19. The molecule has 0 atom stereocenters. The molecule has 0 aliphatic rings. The average Bonchev–Trinajstić information content (AvgIpc) is 2.37. The number of carbonyl (C=O) groups is 1. The first kappa shape index (κ1) is 13.7. The minimum absolute atomic E-state index is 0.112. The van der Waals surface area contributed by atoms with Crippen LogP contribution < -0.4 is 5.32 Å². The Morgan fingerprint density at radius 2 is 2.22 bits per heavy atom. The molecule has 0 heterocycles. The smallest absolute Gasteiger partial charge is 0.338 e. The third-order valence-corrected chi connectivity index (χ3v) is 2.05. The Morgan fingerprint density at radius 1 is 1.50 bits per heavy atom. The first-order chi connectivity index (χ1) is 8.58. The lowest BCUT2D eigenvalue weighted by Gasteiger charge is -2.00. The van der Waals surface area contributed by atoms with Crippen molar-refractivity contribution in [2.45, 2.75) is 0 Å². The number of hydrogen-bond donors (Lipinski definition) is 1. The third kappa shape index (κ3) is 3.57. The summed E-state index contributed by atoms with van der Waals surface area (Å²) in [4.78, 5) is 21.5. The molecule has 0 amide bonds. The SMILES string of the molecule is CNCC#Cc1cc(C(=O)OC)cc([N+](=O)[O-])c1. The molecular weight excluding hydrogens is 236 g/mol. The van der Waals surface area contributed by atoms with Gasteiger partial charge in [0.1, 0.15) is 0 Å². The molecule has 18 heavy (non-hydrogen) atoms. The highest BCUT2D eigenvalue weighted by Crippen LogP contribution is 2.17. The maximum Gasteiger partial charge on any atom is 0.338 e. The van der Waals surface area contributed by atoms with E-state index in [0.717, 1.165) is 6.07 Å². The van der Waals surface area contributed by atoms with Crippen molar-refractivity contribution in [2.24, 2.45) is 0 Å². The Labute approximate surface area is 104 Å². The molecule has 1 aromatic rings. The van der Waals surface area contributed by atoms with Gasteiger partial charge in [-0.3, -0.25) is 10.1 Å². The van der Waals surface area contributed by atoms with Gasteiger partial charge >= 0.3 is 5.97 Å². The second-order valence-electron chi connectivity index (χ2n) is 3.35. The fourth-order valence-electron chi connectivity index (χ4n) is 1.26. The number of benzene rings is 1. The van der Waals surface area contributed by atoms with Gasteiger partial charge in [0, 0.05) is 17.7 Å². The minimum atomic E-state index is -0.629. The number of methoxy groups -OCH3 is 1. The molecule has 1 aromatic carbocycles. The van der Waals surface area contributed by atoms with E-state index < -0.39 is 10.9 Å². The number of nitrogens with zero attached hydrogens (tertiary/aromatic N) is 1. The van der Waals surface area contributed by atoms with Crippen molar-refractivity contribution in [1.82, 2.24) is 5.32 Å². The van der Waals surface area contributed by atoms with Crippen LogP contribution >= 0.6 is 0 Å². The molecule has 6 heteroatoms. The first-order valence-corrected chi connectivity index (χ1v) is 5.09. The van der Waals surface area contributed by atoms with Crippen LogP contribution in [0.2, 0.25) is 0 Å². The maximum absolute atomic E-state index is 11.4. The van der Waals surface area contributed by atoms with E-state index in [1.54, 1.807) is 7.05 Å². The van der Waals surface area contributed by atoms with E-state index in [-0.39, 0.29) is 11.3 Å². The van der Waals surface area contributed by atoms with Crippen LogP contribution in [-0.4, -0.2) is 31.6 Å². The predicted octanol–water partition coefficient (Wildman–Crippen LogP) is 0.952. The van der Waals surface area contributed by atoms with E-state index >= 15 is 0 Å². The van der Waals surface area contributed by atoms with Gasteiger partial charge < -0.3 is 10.1 Å². The summed E-state index contributed by atoms with van der Waals surface area (Å²) in [5.41, 5.74) is 0.326. The van der Waals surface area contributed by atoms with Crippen molar-refractivity contribution in [2.75, 3.05) is 20.7 Å². The van der Waals surface area contributed by atoms with Gasteiger partial charge in [0.2, 0.25) is 0 Å². The van der Waals surface area contributed by atoms with E-state index in [1.165, 1.54) is 19.2 Å². The number of esters is 1. The molecule has 0 radical (unpaired) electrons. The lowest BCUT2D eigenvalue weighted by molar-refractivity contribution is -0.384. The van der Waals surface area contributed by atoms with Crippen molar-refractivity contribution < 1.29 is 14.5 Å². The lowest BCUT2D eigenvalue weighted by atomic mass is 10.1. The molecule has 6 nitrogen and oxygen atoms in total. The quantitative estimate of drug-likeness (QED) is 0.373. The van der Waals surface area contributed by atoms with E-state index in [9.17, 15) is 14.9 Å². The number of nitro groups is 1. The predicted molar refractivity (Wildman–Crippen MR) is 65.2 cm³/mol.